The Morgan fingerprint density at radius 2 is 1.61 bits per heavy atom. The van der Waals surface area contributed by atoms with Gasteiger partial charge in [0.25, 0.3) is 0 Å². The van der Waals surface area contributed by atoms with Gasteiger partial charge in [0.2, 0.25) is 0 Å². The molecule has 2 aromatic carbocycles. The van der Waals surface area contributed by atoms with Crippen LogP contribution in [-0.4, -0.2) is 19.4 Å². The third-order valence-corrected chi connectivity index (χ3v) is 6.00. The fraction of sp³-hybridized carbons (Fsp3) is 0.0417. The molecule has 0 aliphatic heterocycles. The molecule has 0 unspecified atom stereocenters. The van der Waals surface area contributed by atoms with Crippen molar-refractivity contribution < 1.29 is 0 Å². The Bertz CT molecular complexity index is 1590. The van der Waals surface area contributed by atoms with Crippen molar-refractivity contribution in [2.24, 2.45) is 0 Å². The minimum Gasteiger partial charge on any atom is -0.289 e. The van der Waals surface area contributed by atoms with Gasteiger partial charge >= 0.3 is 0 Å². The maximum Gasteiger partial charge on any atom is 0.146 e. The van der Waals surface area contributed by atoms with Crippen molar-refractivity contribution in [1.82, 2.24) is 19.4 Å². The highest BCUT2D eigenvalue weighted by atomic mass is 15.0. The minimum atomic E-state index is 0.941. The van der Waals surface area contributed by atoms with Gasteiger partial charge in [-0.1, -0.05) is 36.4 Å². The number of hydrogen-bond acceptors (Lipinski definition) is 3. The summed E-state index contributed by atoms with van der Waals surface area (Å²) in [6.45, 7) is 0. The molecule has 0 saturated heterocycles. The Labute approximate surface area is 160 Å². The van der Waals surface area contributed by atoms with E-state index in [1.54, 1.807) is 6.20 Å². The zero-order chi connectivity index (χ0) is 18.2. The molecule has 4 heterocycles. The van der Waals surface area contributed by atoms with Crippen LogP contribution >= 0.6 is 0 Å². The minimum absolute atomic E-state index is 0.941. The second kappa shape index (κ2) is 4.93. The first-order valence-electron chi connectivity index (χ1n) is 9.42. The predicted octanol–water partition coefficient (Wildman–Crippen LogP) is 5.16. The lowest BCUT2D eigenvalue weighted by Gasteiger charge is -2.12. The summed E-state index contributed by atoms with van der Waals surface area (Å²) in [5.74, 6) is 0. The van der Waals surface area contributed by atoms with Crippen LogP contribution in [0.3, 0.4) is 0 Å². The van der Waals surface area contributed by atoms with Gasteiger partial charge < -0.3 is 0 Å². The van der Waals surface area contributed by atoms with Crippen LogP contribution in [0, 0.1) is 0 Å². The molecule has 0 spiro atoms. The first-order chi connectivity index (χ1) is 13.9. The monoisotopic (exact) mass is 358 g/mol. The van der Waals surface area contributed by atoms with Crippen LogP contribution in [0.4, 0.5) is 0 Å². The molecule has 1 aliphatic carbocycles. The Balaban J connectivity index is 1.79. The third kappa shape index (κ3) is 1.63. The smallest absolute Gasteiger partial charge is 0.146 e. The molecule has 6 aromatic rings. The van der Waals surface area contributed by atoms with E-state index in [9.17, 15) is 0 Å². The SMILES string of the molecule is c1ccc2c(c1)Cc1c-2ccc2c3ccncc3n3c4cnccc4nc3c12. The average Bonchev–Trinajstić information content (AvgIpc) is 3.32. The average molecular weight is 358 g/mol. The van der Waals surface area contributed by atoms with Crippen molar-refractivity contribution in [3.8, 4) is 11.1 Å². The van der Waals surface area contributed by atoms with E-state index in [4.69, 9.17) is 4.98 Å². The van der Waals surface area contributed by atoms with Crippen LogP contribution in [0.15, 0.2) is 73.3 Å². The second-order valence-electron chi connectivity index (χ2n) is 7.38. The summed E-state index contributed by atoms with van der Waals surface area (Å²) in [5, 5.41) is 3.67. The number of aromatic nitrogens is 4. The molecule has 4 aromatic heterocycles. The molecule has 0 N–H and O–H groups in total. The van der Waals surface area contributed by atoms with Crippen LogP contribution in [0.2, 0.25) is 0 Å². The first-order valence-corrected chi connectivity index (χ1v) is 9.42. The lowest BCUT2D eigenvalue weighted by Crippen LogP contribution is -1.95. The summed E-state index contributed by atoms with van der Waals surface area (Å²) in [6.07, 6.45) is 8.44. The van der Waals surface area contributed by atoms with Gasteiger partial charge in [-0.05, 0) is 46.2 Å². The van der Waals surface area contributed by atoms with Gasteiger partial charge in [-0.15, -0.1) is 0 Å². The molecule has 28 heavy (non-hydrogen) atoms. The van der Waals surface area contributed by atoms with Gasteiger partial charge in [-0.3, -0.25) is 14.4 Å². The Morgan fingerprint density at radius 1 is 0.750 bits per heavy atom. The van der Waals surface area contributed by atoms with Gasteiger partial charge in [-0.2, -0.15) is 0 Å². The van der Waals surface area contributed by atoms with Gasteiger partial charge in [0.15, 0.2) is 0 Å². The molecule has 4 heteroatoms. The third-order valence-electron chi connectivity index (χ3n) is 6.00. The van der Waals surface area contributed by atoms with Gasteiger partial charge in [0, 0.05) is 23.2 Å². The molecule has 0 saturated carbocycles. The molecule has 4 nitrogen and oxygen atoms in total. The zero-order valence-corrected chi connectivity index (χ0v) is 14.9. The van der Waals surface area contributed by atoms with Crippen LogP contribution < -0.4 is 0 Å². The van der Waals surface area contributed by atoms with E-state index >= 15 is 0 Å². The summed E-state index contributed by atoms with van der Waals surface area (Å²) in [7, 11) is 0. The molecule has 0 atom stereocenters. The van der Waals surface area contributed by atoms with E-state index in [0.29, 0.717) is 0 Å². The quantitative estimate of drug-likeness (QED) is 0.352. The Hall–Kier alpha value is -3.79. The Morgan fingerprint density at radius 3 is 2.57 bits per heavy atom. The maximum absolute atomic E-state index is 5.03. The molecule has 7 rings (SSSR count). The molecule has 130 valence electrons. The summed E-state index contributed by atoms with van der Waals surface area (Å²) in [6, 6.07) is 17.3. The van der Waals surface area contributed by atoms with Crippen LogP contribution in [0.25, 0.3) is 49.5 Å². The van der Waals surface area contributed by atoms with Gasteiger partial charge in [-0.25, -0.2) is 4.98 Å². The molecular weight excluding hydrogens is 344 g/mol. The van der Waals surface area contributed by atoms with Crippen LogP contribution in [0.5, 0.6) is 0 Å². The normalized spacial score (nSPS) is 12.9. The molecule has 0 radical (unpaired) electrons. The molecule has 1 aliphatic rings. The van der Waals surface area contributed by atoms with E-state index in [1.165, 1.54) is 38.4 Å². The highest BCUT2D eigenvalue weighted by Crippen LogP contribution is 2.43. The number of imidazole rings is 1. The first kappa shape index (κ1) is 14.3. The van der Waals surface area contributed by atoms with Crippen molar-refractivity contribution in [2.45, 2.75) is 6.42 Å². The van der Waals surface area contributed by atoms with Crippen molar-refractivity contribution in [2.75, 3.05) is 0 Å². The molecular formula is C24H14N4. The largest absolute Gasteiger partial charge is 0.289 e. The second-order valence-corrected chi connectivity index (χ2v) is 7.38. The number of pyridine rings is 3. The van der Waals surface area contributed by atoms with E-state index in [0.717, 1.165) is 28.6 Å². The van der Waals surface area contributed by atoms with E-state index in [2.05, 4.69) is 56.8 Å². The molecule has 0 fully saturated rings. The van der Waals surface area contributed by atoms with Crippen LogP contribution in [-0.2, 0) is 6.42 Å². The Kier molecular flexibility index (Phi) is 2.51. The summed E-state index contributed by atoms with van der Waals surface area (Å²) < 4.78 is 2.22. The predicted molar refractivity (Wildman–Crippen MR) is 112 cm³/mol. The molecule has 0 bridgehead atoms. The maximum atomic E-state index is 5.03. The highest BCUT2D eigenvalue weighted by molar-refractivity contribution is 6.16. The zero-order valence-electron chi connectivity index (χ0n) is 14.9. The van der Waals surface area contributed by atoms with E-state index < -0.39 is 0 Å². The fourth-order valence-electron chi connectivity index (χ4n) is 4.82. The fourth-order valence-corrected chi connectivity index (χ4v) is 4.82. The lowest BCUT2D eigenvalue weighted by molar-refractivity contribution is 1.24. The van der Waals surface area contributed by atoms with Crippen molar-refractivity contribution >= 4 is 38.4 Å². The number of hydrogen-bond donors (Lipinski definition) is 0. The highest BCUT2D eigenvalue weighted by Gasteiger charge is 2.24. The molecule has 0 amide bonds. The topological polar surface area (TPSA) is 43.1 Å². The van der Waals surface area contributed by atoms with E-state index in [-0.39, 0.29) is 0 Å². The number of fused-ring (bicyclic) bond motifs is 12. The van der Waals surface area contributed by atoms with E-state index in [1.807, 2.05) is 24.7 Å². The van der Waals surface area contributed by atoms with Crippen molar-refractivity contribution in [3.63, 3.8) is 0 Å². The van der Waals surface area contributed by atoms with Crippen molar-refractivity contribution in [1.29, 1.82) is 0 Å². The van der Waals surface area contributed by atoms with Crippen molar-refractivity contribution in [3.05, 3.63) is 84.4 Å². The summed E-state index contributed by atoms with van der Waals surface area (Å²) in [4.78, 5) is 13.8. The summed E-state index contributed by atoms with van der Waals surface area (Å²) >= 11 is 0. The van der Waals surface area contributed by atoms with Crippen LogP contribution in [0.1, 0.15) is 11.1 Å². The number of rotatable bonds is 0. The standard InChI is InChI=1S/C24H14N4/c1-2-4-15-14(3-1)11-19-16(15)5-6-18-17-7-9-25-12-21(17)28-22-13-26-10-8-20(22)27-24(28)23(18)19/h1-10,12-13H,11H2. The number of nitrogens with zero attached hydrogens (tertiary/aromatic N) is 4. The summed E-state index contributed by atoms with van der Waals surface area (Å²) in [5.41, 5.74) is 9.44. The number of benzene rings is 2. The van der Waals surface area contributed by atoms with Gasteiger partial charge in [0.05, 0.1) is 28.9 Å². The van der Waals surface area contributed by atoms with Gasteiger partial charge in [0.1, 0.15) is 5.65 Å². The lowest BCUT2D eigenvalue weighted by atomic mass is 9.98.